The molecule has 2 aliphatic rings. The number of hydrogen-bond acceptors (Lipinski definition) is 3. The average molecular weight is 385 g/mol. The minimum absolute atomic E-state index is 0.0357. The highest BCUT2D eigenvalue weighted by Gasteiger charge is 2.38. The molecule has 1 aromatic rings. The van der Waals surface area contributed by atoms with Crippen LogP contribution < -0.4 is 0 Å². The summed E-state index contributed by atoms with van der Waals surface area (Å²) < 4.78 is 5.36. The first-order valence-corrected chi connectivity index (χ1v) is 9.34. The van der Waals surface area contributed by atoms with E-state index in [1.165, 1.54) is 0 Å². The Labute approximate surface area is 157 Å². The van der Waals surface area contributed by atoms with Gasteiger partial charge in [0.25, 0.3) is 5.91 Å². The molecule has 2 aliphatic heterocycles. The first kappa shape index (κ1) is 18.5. The Balaban J connectivity index is 1.71. The van der Waals surface area contributed by atoms with Crippen molar-refractivity contribution in [3.63, 3.8) is 0 Å². The van der Waals surface area contributed by atoms with Gasteiger partial charge in [-0.2, -0.15) is 0 Å². The van der Waals surface area contributed by atoms with Crippen molar-refractivity contribution in [2.24, 2.45) is 0 Å². The molecule has 2 heterocycles. The largest absolute Gasteiger partial charge is 0.381 e. The maximum Gasteiger partial charge on any atom is 0.254 e. The standard InChI is InChI=1S/C18H22Cl2N2O3/c1-25-15-4-7-21(8-5-15)18(24)16-3-2-6-22(16)17(23)12-9-13(19)11-14(20)10-12/h9-11,15-16H,2-8H2,1H3. The van der Waals surface area contributed by atoms with E-state index in [0.717, 1.165) is 19.3 Å². The van der Waals surface area contributed by atoms with Gasteiger partial charge in [-0.1, -0.05) is 23.2 Å². The van der Waals surface area contributed by atoms with Gasteiger partial charge in [0, 0.05) is 42.4 Å². The Morgan fingerprint density at radius 2 is 1.68 bits per heavy atom. The molecule has 3 rings (SSSR count). The number of nitrogens with zero attached hydrogens (tertiary/aromatic N) is 2. The van der Waals surface area contributed by atoms with E-state index >= 15 is 0 Å². The zero-order chi connectivity index (χ0) is 18.0. The number of hydrogen-bond donors (Lipinski definition) is 0. The molecular weight excluding hydrogens is 363 g/mol. The van der Waals surface area contributed by atoms with Crippen LogP contribution in [-0.2, 0) is 9.53 Å². The SMILES string of the molecule is COC1CCN(C(=O)C2CCCN2C(=O)c2cc(Cl)cc(Cl)c2)CC1. The monoisotopic (exact) mass is 384 g/mol. The maximum atomic E-state index is 12.9. The zero-order valence-electron chi connectivity index (χ0n) is 14.2. The minimum Gasteiger partial charge on any atom is -0.381 e. The van der Waals surface area contributed by atoms with Gasteiger partial charge in [0.05, 0.1) is 6.10 Å². The summed E-state index contributed by atoms with van der Waals surface area (Å²) in [6.45, 7) is 1.94. The molecule has 7 heteroatoms. The fraction of sp³-hybridized carbons (Fsp3) is 0.556. The first-order valence-electron chi connectivity index (χ1n) is 8.58. The molecule has 0 bridgehead atoms. The van der Waals surface area contributed by atoms with Crippen LogP contribution in [0.15, 0.2) is 18.2 Å². The normalized spacial score (nSPS) is 21.6. The van der Waals surface area contributed by atoms with Crippen molar-refractivity contribution in [3.8, 4) is 0 Å². The predicted octanol–water partition coefficient (Wildman–Crippen LogP) is 3.24. The Bertz CT molecular complexity index is 639. The van der Waals surface area contributed by atoms with Crippen LogP contribution in [0.3, 0.4) is 0 Å². The second-order valence-corrected chi connectivity index (χ2v) is 7.45. The first-order chi connectivity index (χ1) is 12.0. The highest BCUT2D eigenvalue weighted by Crippen LogP contribution is 2.26. The molecule has 0 N–H and O–H groups in total. The summed E-state index contributed by atoms with van der Waals surface area (Å²) in [7, 11) is 1.70. The third-order valence-corrected chi connectivity index (χ3v) is 5.43. The topological polar surface area (TPSA) is 49.9 Å². The van der Waals surface area contributed by atoms with Crippen molar-refractivity contribution in [2.75, 3.05) is 26.7 Å². The summed E-state index contributed by atoms with van der Waals surface area (Å²) in [6, 6.07) is 4.38. The van der Waals surface area contributed by atoms with Gasteiger partial charge in [0.1, 0.15) is 6.04 Å². The van der Waals surface area contributed by atoms with Crippen molar-refractivity contribution >= 4 is 35.0 Å². The number of ether oxygens (including phenoxy) is 1. The van der Waals surface area contributed by atoms with Crippen LogP contribution in [0.5, 0.6) is 0 Å². The molecule has 0 aromatic heterocycles. The van der Waals surface area contributed by atoms with Crippen molar-refractivity contribution in [2.45, 2.75) is 37.8 Å². The van der Waals surface area contributed by atoms with Crippen molar-refractivity contribution in [1.82, 2.24) is 9.80 Å². The van der Waals surface area contributed by atoms with Crippen LogP contribution in [0.4, 0.5) is 0 Å². The highest BCUT2D eigenvalue weighted by atomic mass is 35.5. The number of amides is 2. The quantitative estimate of drug-likeness (QED) is 0.803. The van der Waals surface area contributed by atoms with Crippen molar-refractivity contribution in [1.29, 1.82) is 0 Å². The predicted molar refractivity (Wildman–Crippen MR) is 97.1 cm³/mol. The molecular formula is C18H22Cl2N2O3. The van der Waals surface area contributed by atoms with Crippen LogP contribution >= 0.6 is 23.2 Å². The number of halogens is 2. The molecule has 0 aliphatic carbocycles. The van der Waals surface area contributed by atoms with Crippen molar-refractivity contribution < 1.29 is 14.3 Å². The Kier molecular flexibility index (Phi) is 5.87. The van der Waals surface area contributed by atoms with Crippen LogP contribution in [-0.4, -0.2) is 60.5 Å². The highest BCUT2D eigenvalue weighted by molar-refractivity contribution is 6.35. The van der Waals surface area contributed by atoms with Crippen LogP contribution in [0.1, 0.15) is 36.0 Å². The van der Waals surface area contributed by atoms with Crippen molar-refractivity contribution in [3.05, 3.63) is 33.8 Å². The van der Waals surface area contributed by atoms with Gasteiger partial charge in [-0.05, 0) is 43.9 Å². The van der Waals surface area contributed by atoms with Gasteiger partial charge < -0.3 is 14.5 Å². The van der Waals surface area contributed by atoms with Crippen LogP contribution in [0.2, 0.25) is 10.0 Å². The summed E-state index contributed by atoms with van der Waals surface area (Å²) in [5.41, 5.74) is 0.426. The summed E-state index contributed by atoms with van der Waals surface area (Å²) in [5.74, 6) is -0.152. The lowest BCUT2D eigenvalue weighted by atomic mass is 10.1. The zero-order valence-corrected chi connectivity index (χ0v) is 15.7. The Morgan fingerprint density at radius 1 is 1.04 bits per heavy atom. The molecule has 1 aromatic carbocycles. The van der Waals surface area contributed by atoms with Gasteiger partial charge >= 0.3 is 0 Å². The molecule has 136 valence electrons. The van der Waals surface area contributed by atoms with E-state index < -0.39 is 6.04 Å². The van der Waals surface area contributed by atoms with Crippen LogP contribution in [0, 0.1) is 0 Å². The summed E-state index contributed by atoms with van der Waals surface area (Å²) in [6.07, 6.45) is 3.42. The lowest BCUT2D eigenvalue weighted by molar-refractivity contribution is -0.137. The second kappa shape index (κ2) is 7.94. The molecule has 0 saturated carbocycles. The molecule has 2 saturated heterocycles. The number of likely N-dealkylation sites (tertiary alicyclic amines) is 2. The molecule has 5 nitrogen and oxygen atoms in total. The number of methoxy groups -OCH3 is 1. The second-order valence-electron chi connectivity index (χ2n) is 6.58. The minimum atomic E-state index is -0.399. The fourth-order valence-corrected chi connectivity index (χ4v) is 4.16. The van der Waals surface area contributed by atoms with Gasteiger partial charge in [-0.15, -0.1) is 0 Å². The molecule has 1 atom stereocenters. The molecule has 0 spiro atoms. The van der Waals surface area contributed by atoms with Gasteiger partial charge in [-0.25, -0.2) is 0 Å². The van der Waals surface area contributed by atoms with E-state index in [-0.39, 0.29) is 17.9 Å². The summed E-state index contributed by atoms with van der Waals surface area (Å²) in [4.78, 5) is 29.3. The van der Waals surface area contributed by atoms with Crippen LogP contribution in [0.25, 0.3) is 0 Å². The van der Waals surface area contributed by atoms with E-state index in [2.05, 4.69) is 0 Å². The average Bonchev–Trinajstić information content (AvgIpc) is 3.09. The number of carbonyl (C=O) groups is 2. The number of carbonyl (C=O) groups excluding carboxylic acids is 2. The molecule has 2 fully saturated rings. The van der Waals surface area contributed by atoms with E-state index in [0.29, 0.717) is 41.7 Å². The lowest BCUT2D eigenvalue weighted by Gasteiger charge is -2.35. The third kappa shape index (κ3) is 4.10. The van der Waals surface area contributed by atoms with E-state index in [4.69, 9.17) is 27.9 Å². The number of piperidine rings is 1. The molecule has 2 amide bonds. The van der Waals surface area contributed by atoms with Gasteiger partial charge in [-0.3, -0.25) is 9.59 Å². The molecule has 0 radical (unpaired) electrons. The Morgan fingerprint density at radius 3 is 2.28 bits per heavy atom. The van der Waals surface area contributed by atoms with E-state index in [9.17, 15) is 9.59 Å². The summed E-state index contributed by atoms with van der Waals surface area (Å²) in [5, 5.41) is 0.833. The van der Waals surface area contributed by atoms with Gasteiger partial charge in [0.15, 0.2) is 0 Å². The smallest absolute Gasteiger partial charge is 0.254 e. The lowest BCUT2D eigenvalue weighted by Crippen LogP contribution is -2.50. The Hall–Kier alpha value is -1.30. The molecule has 1 unspecified atom stereocenters. The summed E-state index contributed by atoms with van der Waals surface area (Å²) >= 11 is 12.0. The maximum absolute atomic E-state index is 12.9. The molecule has 25 heavy (non-hydrogen) atoms. The number of rotatable bonds is 3. The van der Waals surface area contributed by atoms with E-state index in [1.807, 2.05) is 4.90 Å². The van der Waals surface area contributed by atoms with Gasteiger partial charge in [0.2, 0.25) is 5.91 Å². The number of benzene rings is 1. The van der Waals surface area contributed by atoms with E-state index in [1.54, 1.807) is 30.2 Å². The fourth-order valence-electron chi connectivity index (χ4n) is 3.63. The third-order valence-electron chi connectivity index (χ3n) is 5.00.